The third-order valence-electron chi connectivity index (χ3n) is 4.84. The highest BCUT2D eigenvalue weighted by Gasteiger charge is 2.32. The lowest BCUT2D eigenvalue weighted by atomic mass is 9.74. The van der Waals surface area contributed by atoms with Gasteiger partial charge in [-0.2, -0.15) is 0 Å². The fraction of sp³-hybridized carbons (Fsp3) is 0.143. The Kier molecular flexibility index (Phi) is 3.07. The Morgan fingerprint density at radius 3 is 2.08 bits per heavy atom. The number of nitrogens with one attached hydrogen (secondary N) is 1. The summed E-state index contributed by atoms with van der Waals surface area (Å²) in [6, 6.07) is 19.1. The van der Waals surface area contributed by atoms with Gasteiger partial charge in [0.25, 0.3) is 0 Å². The van der Waals surface area contributed by atoms with Crippen LogP contribution in [0.5, 0.6) is 11.5 Å². The third kappa shape index (κ3) is 2.21. The van der Waals surface area contributed by atoms with Crippen molar-refractivity contribution in [3.8, 4) is 22.6 Å². The van der Waals surface area contributed by atoms with Crippen molar-refractivity contribution in [1.82, 2.24) is 0 Å². The molecule has 3 N–H and O–H groups in total. The van der Waals surface area contributed by atoms with E-state index in [9.17, 15) is 10.2 Å². The van der Waals surface area contributed by atoms with Crippen LogP contribution in [0.15, 0.2) is 60.7 Å². The molecule has 3 heteroatoms. The van der Waals surface area contributed by atoms with E-state index in [-0.39, 0.29) is 16.9 Å². The highest BCUT2D eigenvalue weighted by Crippen LogP contribution is 2.47. The molecule has 0 saturated carbocycles. The molecule has 1 heterocycles. The molecule has 0 fully saturated rings. The molecule has 0 aromatic heterocycles. The first-order chi connectivity index (χ1) is 11.4. The Hall–Kier alpha value is -2.94. The van der Waals surface area contributed by atoms with Gasteiger partial charge in [0.15, 0.2) is 0 Å². The molecule has 0 saturated heterocycles. The van der Waals surface area contributed by atoms with Crippen molar-refractivity contribution in [2.45, 2.75) is 19.3 Å². The first kappa shape index (κ1) is 14.6. The highest BCUT2D eigenvalue weighted by molar-refractivity contribution is 5.80. The second kappa shape index (κ2) is 5.03. The van der Waals surface area contributed by atoms with E-state index in [0.29, 0.717) is 0 Å². The Labute approximate surface area is 141 Å². The van der Waals surface area contributed by atoms with Crippen LogP contribution in [-0.2, 0) is 5.41 Å². The van der Waals surface area contributed by atoms with E-state index < -0.39 is 0 Å². The van der Waals surface area contributed by atoms with E-state index in [0.717, 1.165) is 28.1 Å². The van der Waals surface area contributed by atoms with Crippen molar-refractivity contribution in [2.75, 3.05) is 5.32 Å². The summed E-state index contributed by atoms with van der Waals surface area (Å²) in [5.41, 5.74) is 6.35. The zero-order valence-electron chi connectivity index (χ0n) is 13.7. The Morgan fingerprint density at radius 1 is 0.667 bits per heavy atom. The summed E-state index contributed by atoms with van der Waals surface area (Å²) in [5, 5.41) is 22.8. The van der Waals surface area contributed by atoms with Gasteiger partial charge in [0, 0.05) is 16.8 Å². The molecule has 1 aliphatic heterocycles. The Balaban J connectivity index is 1.83. The standard InChI is InChI=1S/C21H19NO2/c1-21(2)17-9-5-14(13-3-6-15(23)7-4-13)11-20(17)22-19-10-8-16(24)12-18(19)21/h3-12,22-24H,1-2H3. The van der Waals surface area contributed by atoms with Crippen LogP contribution in [0.25, 0.3) is 11.1 Å². The molecule has 3 aromatic rings. The van der Waals surface area contributed by atoms with Gasteiger partial charge in [-0.1, -0.05) is 38.1 Å². The van der Waals surface area contributed by atoms with Gasteiger partial charge in [-0.15, -0.1) is 0 Å². The van der Waals surface area contributed by atoms with Crippen LogP contribution >= 0.6 is 0 Å². The van der Waals surface area contributed by atoms with E-state index in [1.165, 1.54) is 5.56 Å². The van der Waals surface area contributed by atoms with Crippen LogP contribution < -0.4 is 5.32 Å². The summed E-state index contributed by atoms with van der Waals surface area (Å²) < 4.78 is 0. The van der Waals surface area contributed by atoms with Gasteiger partial charge < -0.3 is 15.5 Å². The van der Waals surface area contributed by atoms with Crippen LogP contribution in [-0.4, -0.2) is 10.2 Å². The summed E-state index contributed by atoms with van der Waals surface area (Å²) >= 11 is 0. The van der Waals surface area contributed by atoms with Gasteiger partial charge in [0.05, 0.1) is 0 Å². The lowest BCUT2D eigenvalue weighted by molar-refractivity contribution is 0.472. The molecule has 3 aromatic carbocycles. The molecule has 24 heavy (non-hydrogen) atoms. The predicted molar refractivity (Wildman–Crippen MR) is 97.1 cm³/mol. The van der Waals surface area contributed by atoms with Gasteiger partial charge in [0.1, 0.15) is 11.5 Å². The number of hydrogen-bond acceptors (Lipinski definition) is 3. The average Bonchev–Trinajstić information content (AvgIpc) is 2.56. The fourth-order valence-electron chi connectivity index (χ4n) is 3.47. The number of aromatic hydroxyl groups is 2. The van der Waals surface area contributed by atoms with Gasteiger partial charge in [-0.05, 0) is 58.7 Å². The minimum absolute atomic E-state index is 0.192. The molecule has 0 radical (unpaired) electrons. The average molecular weight is 317 g/mol. The van der Waals surface area contributed by atoms with Crippen molar-refractivity contribution >= 4 is 11.4 Å². The van der Waals surface area contributed by atoms with E-state index in [4.69, 9.17) is 0 Å². The lowest BCUT2D eigenvalue weighted by Gasteiger charge is -2.36. The fourth-order valence-corrected chi connectivity index (χ4v) is 3.47. The van der Waals surface area contributed by atoms with Crippen LogP contribution in [0.4, 0.5) is 11.4 Å². The monoisotopic (exact) mass is 317 g/mol. The molecular weight excluding hydrogens is 298 g/mol. The van der Waals surface area contributed by atoms with Crippen molar-refractivity contribution < 1.29 is 10.2 Å². The number of fused-ring (bicyclic) bond motifs is 2. The van der Waals surface area contributed by atoms with Crippen LogP contribution in [0.1, 0.15) is 25.0 Å². The quantitative estimate of drug-likeness (QED) is 0.544. The molecule has 0 atom stereocenters. The van der Waals surface area contributed by atoms with Gasteiger partial charge in [0.2, 0.25) is 0 Å². The minimum atomic E-state index is -0.192. The van der Waals surface area contributed by atoms with Gasteiger partial charge in [-0.25, -0.2) is 0 Å². The second-order valence-corrected chi connectivity index (χ2v) is 6.79. The topological polar surface area (TPSA) is 52.5 Å². The number of rotatable bonds is 1. The van der Waals surface area contributed by atoms with Crippen molar-refractivity contribution in [3.63, 3.8) is 0 Å². The summed E-state index contributed by atoms with van der Waals surface area (Å²) in [7, 11) is 0. The van der Waals surface area contributed by atoms with Crippen LogP contribution in [0.3, 0.4) is 0 Å². The first-order valence-electron chi connectivity index (χ1n) is 7.99. The molecule has 0 aliphatic carbocycles. The van der Waals surface area contributed by atoms with Crippen LogP contribution in [0.2, 0.25) is 0 Å². The number of anilines is 2. The van der Waals surface area contributed by atoms with Crippen molar-refractivity contribution in [1.29, 1.82) is 0 Å². The Morgan fingerprint density at radius 2 is 1.33 bits per heavy atom. The Bertz CT molecular complexity index is 927. The maximum absolute atomic E-state index is 9.84. The van der Waals surface area contributed by atoms with Gasteiger partial charge >= 0.3 is 0 Å². The number of phenols is 2. The molecule has 0 amide bonds. The maximum atomic E-state index is 9.84. The molecule has 1 aliphatic rings. The summed E-state index contributed by atoms with van der Waals surface area (Å²) in [5.74, 6) is 0.553. The van der Waals surface area contributed by atoms with Crippen molar-refractivity contribution in [3.05, 3.63) is 71.8 Å². The van der Waals surface area contributed by atoms with E-state index >= 15 is 0 Å². The second-order valence-electron chi connectivity index (χ2n) is 6.79. The molecule has 4 rings (SSSR count). The summed E-state index contributed by atoms with van der Waals surface area (Å²) in [6.45, 7) is 4.34. The normalized spacial score (nSPS) is 14.4. The van der Waals surface area contributed by atoms with E-state index in [1.807, 2.05) is 24.3 Å². The molecule has 0 spiro atoms. The SMILES string of the molecule is CC1(C)c2ccc(-c3ccc(O)cc3)cc2Nc2ccc(O)cc21. The molecular formula is C21H19NO2. The predicted octanol–water partition coefficient (Wildman–Crippen LogP) is 5.15. The summed E-state index contributed by atoms with van der Waals surface area (Å²) in [6.07, 6.45) is 0. The number of benzene rings is 3. The largest absolute Gasteiger partial charge is 0.508 e. The lowest BCUT2D eigenvalue weighted by Crippen LogP contribution is -2.25. The minimum Gasteiger partial charge on any atom is -0.508 e. The van der Waals surface area contributed by atoms with Crippen LogP contribution in [0, 0.1) is 0 Å². The molecule has 3 nitrogen and oxygen atoms in total. The maximum Gasteiger partial charge on any atom is 0.116 e. The summed E-state index contributed by atoms with van der Waals surface area (Å²) in [4.78, 5) is 0. The highest BCUT2D eigenvalue weighted by atomic mass is 16.3. The molecule has 0 bridgehead atoms. The van der Waals surface area contributed by atoms with E-state index in [1.54, 1.807) is 18.2 Å². The molecule has 0 unspecified atom stereocenters. The zero-order valence-corrected chi connectivity index (χ0v) is 13.7. The zero-order chi connectivity index (χ0) is 16.9. The number of hydrogen-bond donors (Lipinski definition) is 3. The first-order valence-corrected chi connectivity index (χ1v) is 7.99. The smallest absolute Gasteiger partial charge is 0.116 e. The van der Waals surface area contributed by atoms with Gasteiger partial charge in [-0.3, -0.25) is 0 Å². The molecule has 120 valence electrons. The third-order valence-corrected chi connectivity index (χ3v) is 4.84. The van der Waals surface area contributed by atoms with Crippen molar-refractivity contribution in [2.24, 2.45) is 0 Å². The number of phenolic OH excluding ortho intramolecular Hbond substituents is 2. The van der Waals surface area contributed by atoms with E-state index in [2.05, 4.69) is 37.4 Å².